The molecule has 13 heteroatoms. The van der Waals surface area contributed by atoms with E-state index in [-0.39, 0.29) is 29.3 Å². The van der Waals surface area contributed by atoms with E-state index in [0.29, 0.717) is 43.6 Å². The van der Waals surface area contributed by atoms with E-state index in [9.17, 15) is 22.2 Å². The Kier molecular flexibility index (Phi) is 10.3. The maximum absolute atomic E-state index is 14.0. The largest absolute Gasteiger partial charge is 0.490 e. The number of carbonyl (C=O) groups is 2. The first-order valence-electron chi connectivity index (χ1n) is 16.6. The summed E-state index contributed by atoms with van der Waals surface area (Å²) in [5.74, 6) is -0.560. The smallest absolute Gasteiger partial charge is 0.286 e. The highest BCUT2D eigenvalue weighted by molar-refractivity contribution is 7.92. The lowest BCUT2D eigenvalue weighted by atomic mass is 9.68. The van der Waals surface area contributed by atoms with Crippen molar-refractivity contribution in [2.24, 2.45) is 16.2 Å². The molecule has 2 heterocycles. The Balaban J connectivity index is 1.40. The number of hydrogen-bond donors (Lipinski definition) is 1. The number of allylic oxidation sites excluding steroid dienone is 1. The second-order valence-corrected chi connectivity index (χ2v) is 18.5. The zero-order chi connectivity index (χ0) is 34.1. The van der Waals surface area contributed by atoms with Gasteiger partial charge in [-0.05, 0) is 98.2 Å². The highest BCUT2D eigenvalue weighted by atomic mass is 35.5. The number of halogens is 1. The van der Waals surface area contributed by atoms with Crippen molar-refractivity contribution in [3.05, 3.63) is 70.3 Å². The first-order valence-corrected chi connectivity index (χ1v) is 20.8. The molecule has 1 saturated carbocycles. The van der Waals surface area contributed by atoms with Crippen LogP contribution in [0.5, 0.6) is 5.75 Å². The number of anilines is 1. The number of aryl methyl sites for hydroxylation is 1. The lowest BCUT2D eigenvalue weighted by molar-refractivity contribution is -0.118. The van der Waals surface area contributed by atoms with Gasteiger partial charge in [0.25, 0.3) is 5.91 Å². The van der Waals surface area contributed by atoms with E-state index in [4.69, 9.17) is 21.1 Å². The number of amides is 2. The van der Waals surface area contributed by atoms with E-state index < -0.39 is 37.3 Å². The van der Waals surface area contributed by atoms with Gasteiger partial charge in [-0.15, -0.1) is 4.36 Å². The number of fused-ring (bicyclic) bond motifs is 4. The number of ether oxygens (including phenoxy) is 2. The summed E-state index contributed by atoms with van der Waals surface area (Å²) in [5.41, 5.74) is 3.22. The SMILES string of the molecule is CO[C@H]1/C=C/CCCS(=O)(NC(=O)CCS(C)(=O)=O)=NC(=O)c2ccc3c(c2)N(C[C@@H]2CC[C@H]21)C[C@@]1(CCCc2cc(Cl)ccc21)CO3. The molecule has 0 radical (unpaired) electrons. The molecule has 1 spiro atoms. The van der Waals surface area contributed by atoms with Crippen LogP contribution < -0.4 is 14.4 Å². The normalized spacial score (nSPS) is 29.7. The van der Waals surface area contributed by atoms with Crippen molar-refractivity contribution in [2.45, 2.75) is 62.9 Å². The van der Waals surface area contributed by atoms with Gasteiger partial charge in [0.05, 0.1) is 29.9 Å². The minimum absolute atomic E-state index is 0.0660. The third-order valence-electron chi connectivity index (χ3n) is 10.2. The molecule has 10 nitrogen and oxygen atoms in total. The standard InChI is InChI=1S/C35H44ClN3O7S2/c1-45-31-8-4-3-5-17-48(44,37-33(40)15-18-47(2,42)43)38-34(41)25-10-14-32-30(20-25)39(21-26-9-12-28(26)31)22-35(23-46-32)16-6-7-24-19-27(36)11-13-29(24)35/h4,8,10-11,13-14,19-20,26,28,31H,3,5-7,9,12,15-18,21-23H2,1-2H3,(H,37,38,40,41,44)/b8-4+/t26-,28+,31-,35-,48?/m0/s1. The average molecular weight is 718 g/mol. The minimum atomic E-state index is -3.55. The highest BCUT2D eigenvalue weighted by Gasteiger charge is 2.44. The van der Waals surface area contributed by atoms with Crippen LogP contribution in [0.25, 0.3) is 0 Å². The second-order valence-electron chi connectivity index (χ2n) is 13.7. The van der Waals surface area contributed by atoms with Gasteiger partial charge in [-0.2, -0.15) is 0 Å². The molecule has 0 aromatic heterocycles. The van der Waals surface area contributed by atoms with Crippen molar-refractivity contribution in [1.29, 1.82) is 0 Å². The number of methoxy groups -OCH3 is 1. The molecule has 2 bridgehead atoms. The number of nitrogens with one attached hydrogen (secondary N) is 1. The lowest BCUT2D eigenvalue weighted by Crippen LogP contribution is -2.49. The molecule has 48 heavy (non-hydrogen) atoms. The molecule has 4 aliphatic rings. The van der Waals surface area contributed by atoms with Gasteiger partial charge in [0, 0.05) is 48.9 Å². The first-order chi connectivity index (χ1) is 22.9. The van der Waals surface area contributed by atoms with Crippen LogP contribution in [0.3, 0.4) is 0 Å². The van der Waals surface area contributed by atoms with Gasteiger partial charge in [0.15, 0.2) is 0 Å². The van der Waals surface area contributed by atoms with Gasteiger partial charge in [-0.1, -0.05) is 29.8 Å². The molecule has 0 saturated heterocycles. The van der Waals surface area contributed by atoms with E-state index in [2.05, 4.69) is 32.2 Å². The van der Waals surface area contributed by atoms with Crippen molar-refractivity contribution in [1.82, 2.24) is 4.72 Å². The number of benzene rings is 2. The number of rotatable bonds is 5. The van der Waals surface area contributed by atoms with E-state index in [0.717, 1.165) is 55.6 Å². The minimum Gasteiger partial charge on any atom is -0.490 e. The van der Waals surface area contributed by atoms with Crippen molar-refractivity contribution in [3.63, 3.8) is 0 Å². The Morgan fingerprint density at radius 1 is 1.21 bits per heavy atom. The zero-order valence-electron chi connectivity index (χ0n) is 27.5. The summed E-state index contributed by atoms with van der Waals surface area (Å²) < 4.78 is 56.3. The van der Waals surface area contributed by atoms with Gasteiger partial charge in [0.2, 0.25) is 5.91 Å². The van der Waals surface area contributed by atoms with E-state index in [1.807, 2.05) is 12.1 Å². The fraction of sp³-hybridized carbons (Fsp3) is 0.543. The topological polar surface area (TPSA) is 131 Å². The Bertz CT molecular complexity index is 1840. The van der Waals surface area contributed by atoms with Gasteiger partial charge in [0.1, 0.15) is 25.5 Å². The molecule has 2 aromatic carbocycles. The summed E-state index contributed by atoms with van der Waals surface area (Å²) in [4.78, 5) is 28.8. The Labute approximate surface area is 288 Å². The summed E-state index contributed by atoms with van der Waals surface area (Å²) in [6.07, 6.45) is 10.6. The van der Waals surface area contributed by atoms with Crippen LogP contribution in [0.2, 0.25) is 5.02 Å². The summed E-state index contributed by atoms with van der Waals surface area (Å²) >= 11 is 6.42. The van der Waals surface area contributed by atoms with Crippen LogP contribution in [0.4, 0.5) is 5.69 Å². The van der Waals surface area contributed by atoms with E-state index in [1.165, 1.54) is 11.1 Å². The van der Waals surface area contributed by atoms with Crippen molar-refractivity contribution in [3.8, 4) is 5.75 Å². The van der Waals surface area contributed by atoms with Crippen molar-refractivity contribution < 1.29 is 31.7 Å². The predicted molar refractivity (Wildman–Crippen MR) is 188 cm³/mol. The van der Waals surface area contributed by atoms with Gasteiger partial charge in [-0.25, -0.2) is 12.6 Å². The Hall–Kier alpha value is -2.93. The Morgan fingerprint density at radius 3 is 2.79 bits per heavy atom. The van der Waals surface area contributed by atoms with Crippen LogP contribution >= 0.6 is 11.6 Å². The fourth-order valence-electron chi connectivity index (χ4n) is 7.62. The lowest BCUT2D eigenvalue weighted by Gasteiger charge is -2.46. The molecule has 2 aliphatic carbocycles. The second kappa shape index (κ2) is 14.1. The average Bonchev–Trinajstić information content (AvgIpc) is 3.17. The molecule has 2 aliphatic heterocycles. The number of carbonyl (C=O) groups excluding carboxylic acids is 2. The predicted octanol–water partition coefficient (Wildman–Crippen LogP) is 5.28. The van der Waals surface area contributed by atoms with E-state index in [1.54, 1.807) is 25.3 Å². The molecule has 6 rings (SSSR count). The third kappa shape index (κ3) is 7.77. The van der Waals surface area contributed by atoms with Crippen LogP contribution in [-0.4, -0.2) is 75.1 Å². The zero-order valence-corrected chi connectivity index (χ0v) is 29.9. The molecule has 1 unspecified atom stereocenters. The van der Waals surface area contributed by atoms with Gasteiger partial charge >= 0.3 is 0 Å². The number of nitrogens with zero attached hydrogens (tertiary/aromatic N) is 2. The van der Waals surface area contributed by atoms with Crippen LogP contribution in [0.1, 0.15) is 66.4 Å². The summed E-state index contributed by atoms with van der Waals surface area (Å²) in [5, 5.41) is 0.722. The fourth-order valence-corrected chi connectivity index (χ4v) is 10.00. The molecule has 1 fully saturated rings. The number of sulfone groups is 1. The molecule has 260 valence electrons. The maximum Gasteiger partial charge on any atom is 0.286 e. The molecule has 2 aromatic rings. The maximum atomic E-state index is 14.0. The van der Waals surface area contributed by atoms with E-state index >= 15 is 0 Å². The van der Waals surface area contributed by atoms with Crippen molar-refractivity contribution >= 4 is 48.9 Å². The van der Waals surface area contributed by atoms with Crippen LogP contribution in [0, 0.1) is 11.8 Å². The summed E-state index contributed by atoms with van der Waals surface area (Å²) in [6.45, 7) is 1.92. The van der Waals surface area contributed by atoms with Crippen LogP contribution in [-0.2, 0) is 41.1 Å². The highest BCUT2D eigenvalue weighted by Crippen LogP contribution is 2.47. The molecule has 1 N–H and O–H groups in total. The molecular weight excluding hydrogens is 674 g/mol. The third-order valence-corrected chi connectivity index (χ3v) is 13.3. The molecule has 5 atom stereocenters. The quantitative estimate of drug-likeness (QED) is 0.414. The summed E-state index contributed by atoms with van der Waals surface area (Å²) in [6, 6.07) is 11.3. The summed E-state index contributed by atoms with van der Waals surface area (Å²) in [7, 11) is -5.24. The van der Waals surface area contributed by atoms with Gasteiger partial charge in [-0.3, -0.25) is 14.3 Å². The monoisotopic (exact) mass is 717 g/mol. The molecular formula is C35H44ClN3O7S2. The molecule has 2 amide bonds. The van der Waals surface area contributed by atoms with Crippen molar-refractivity contribution in [2.75, 3.05) is 49.5 Å². The van der Waals surface area contributed by atoms with Gasteiger partial charge < -0.3 is 14.4 Å². The Morgan fingerprint density at radius 2 is 2.04 bits per heavy atom. The number of hydrogen-bond acceptors (Lipinski definition) is 8. The van der Waals surface area contributed by atoms with Crippen LogP contribution in [0.15, 0.2) is 52.9 Å². The first kappa shape index (κ1) is 34.9.